The van der Waals surface area contributed by atoms with Gasteiger partial charge in [-0.05, 0) is 37.8 Å². The minimum absolute atomic E-state index is 0.0551. The summed E-state index contributed by atoms with van der Waals surface area (Å²) in [5.41, 5.74) is 0.552. The van der Waals surface area contributed by atoms with Crippen LogP contribution in [0.15, 0.2) is 30.3 Å². The average molecular weight is 328 g/mol. The van der Waals surface area contributed by atoms with Crippen molar-refractivity contribution in [2.75, 3.05) is 37.7 Å². The Morgan fingerprint density at radius 3 is 2.38 bits per heavy atom. The molecular weight excluding hydrogens is 304 g/mol. The van der Waals surface area contributed by atoms with E-state index in [2.05, 4.69) is 27.2 Å². The van der Waals surface area contributed by atoms with Crippen molar-refractivity contribution in [3.05, 3.63) is 30.3 Å². The molecule has 2 heterocycles. The number of amides is 3. The van der Waals surface area contributed by atoms with Gasteiger partial charge in [0, 0.05) is 31.9 Å². The number of nitrogens with zero attached hydrogens (tertiary/aromatic N) is 3. The van der Waals surface area contributed by atoms with Gasteiger partial charge in [-0.2, -0.15) is 0 Å². The number of para-hydroxylation sites is 1. The van der Waals surface area contributed by atoms with Crippen LogP contribution >= 0.6 is 0 Å². The second kappa shape index (κ2) is 5.77. The van der Waals surface area contributed by atoms with Gasteiger partial charge >= 0.3 is 6.03 Å². The van der Waals surface area contributed by atoms with E-state index in [1.807, 2.05) is 25.1 Å². The molecule has 1 aromatic carbocycles. The van der Waals surface area contributed by atoms with E-state index >= 15 is 0 Å². The topological polar surface area (TPSA) is 55.9 Å². The van der Waals surface area contributed by atoms with Gasteiger partial charge in [0.05, 0.1) is 6.67 Å². The smallest absolute Gasteiger partial charge is 0.326 e. The third-order valence-electron chi connectivity index (χ3n) is 5.53. The van der Waals surface area contributed by atoms with Crippen molar-refractivity contribution in [1.82, 2.24) is 15.1 Å². The van der Waals surface area contributed by atoms with Crippen LogP contribution in [-0.2, 0) is 4.79 Å². The summed E-state index contributed by atoms with van der Waals surface area (Å²) >= 11 is 0. The van der Waals surface area contributed by atoms with Gasteiger partial charge in [-0.1, -0.05) is 18.2 Å². The summed E-state index contributed by atoms with van der Waals surface area (Å²) in [5.74, 6) is 0.259. The van der Waals surface area contributed by atoms with Gasteiger partial charge in [0.2, 0.25) is 0 Å². The molecular formula is C18H24N4O2. The number of anilines is 1. The maximum absolute atomic E-state index is 12.7. The standard InChI is InChI=1S/C18H24N4O2/c1-18(14-7-8-14)16(23)22(17(24)19-18)13-20-9-11-21(12-10-20)15-5-3-2-4-6-15/h2-6,14H,7-13H2,1H3,(H,19,24)/t18-/m1/s1. The Morgan fingerprint density at radius 1 is 1.08 bits per heavy atom. The van der Waals surface area contributed by atoms with Crippen molar-refractivity contribution in [3.63, 3.8) is 0 Å². The predicted molar refractivity (Wildman–Crippen MR) is 91.6 cm³/mol. The van der Waals surface area contributed by atoms with Gasteiger partial charge in [-0.25, -0.2) is 9.69 Å². The van der Waals surface area contributed by atoms with Gasteiger partial charge < -0.3 is 10.2 Å². The van der Waals surface area contributed by atoms with Gasteiger partial charge in [0.25, 0.3) is 5.91 Å². The fourth-order valence-corrected chi connectivity index (χ4v) is 3.77. The lowest BCUT2D eigenvalue weighted by Gasteiger charge is -2.37. The van der Waals surface area contributed by atoms with E-state index in [4.69, 9.17) is 0 Å². The predicted octanol–water partition coefficient (Wildman–Crippen LogP) is 1.49. The number of hydrogen-bond donors (Lipinski definition) is 1. The molecule has 24 heavy (non-hydrogen) atoms. The fourth-order valence-electron chi connectivity index (χ4n) is 3.77. The summed E-state index contributed by atoms with van der Waals surface area (Å²) in [5, 5.41) is 2.92. The summed E-state index contributed by atoms with van der Waals surface area (Å²) in [7, 11) is 0. The molecule has 0 unspecified atom stereocenters. The highest BCUT2D eigenvalue weighted by Gasteiger charge is 2.56. The number of piperazine rings is 1. The number of imide groups is 1. The largest absolute Gasteiger partial charge is 0.369 e. The summed E-state index contributed by atoms with van der Waals surface area (Å²) in [6.45, 7) is 5.80. The SMILES string of the molecule is C[C@]1(C2CC2)NC(=O)N(CN2CCN(c3ccccc3)CC2)C1=O. The summed E-state index contributed by atoms with van der Waals surface area (Å²) < 4.78 is 0. The van der Waals surface area contributed by atoms with Crippen LogP contribution in [0.5, 0.6) is 0 Å². The van der Waals surface area contributed by atoms with Crippen LogP contribution in [0.2, 0.25) is 0 Å². The second-order valence-corrected chi connectivity index (χ2v) is 7.22. The third kappa shape index (κ3) is 2.65. The summed E-state index contributed by atoms with van der Waals surface area (Å²) in [6, 6.07) is 10.1. The Morgan fingerprint density at radius 2 is 1.75 bits per heavy atom. The second-order valence-electron chi connectivity index (χ2n) is 7.22. The number of urea groups is 1. The molecule has 6 heteroatoms. The molecule has 3 aliphatic rings. The summed E-state index contributed by atoms with van der Waals surface area (Å²) in [4.78, 5) is 30.9. The molecule has 0 radical (unpaired) electrons. The number of hydrogen-bond acceptors (Lipinski definition) is 4. The van der Waals surface area contributed by atoms with Gasteiger partial charge in [-0.15, -0.1) is 0 Å². The molecule has 1 N–H and O–H groups in total. The lowest BCUT2D eigenvalue weighted by atomic mass is 9.96. The van der Waals surface area contributed by atoms with Crippen LogP contribution in [0.1, 0.15) is 19.8 Å². The Balaban J connectivity index is 1.35. The first-order valence-electron chi connectivity index (χ1n) is 8.74. The highest BCUT2D eigenvalue weighted by molar-refractivity contribution is 6.07. The van der Waals surface area contributed by atoms with E-state index in [1.165, 1.54) is 10.6 Å². The van der Waals surface area contributed by atoms with E-state index in [1.54, 1.807) is 0 Å². The quantitative estimate of drug-likeness (QED) is 0.851. The molecule has 0 spiro atoms. The molecule has 1 aliphatic carbocycles. The highest BCUT2D eigenvalue weighted by atomic mass is 16.2. The van der Waals surface area contributed by atoms with Crippen molar-refractivity contribution in [2.24, 2.45) is 5.92 Å². The van der Waals surface area contributed by atoms with Crippen molar-refractivity contribution in [3.8, 4) is 0 Å². The van der Waals surface area contributed by atoms with Gasteiger partial charge in [0.15, 0.2) is 0 Å². The molecule has 128 valence electrons. The number of carbonyl (C=O) groups is 2. The lowest BCUT2D eigenvalue weighted by molar-refractivity contribution is -0.133. The molecule has 0 bridgehead atoms. The van der Waals surface area contributed by atoms with Crippen LogP contribution in [0.3, 0.4) is 0 Å². The van der Waals surface area contributed by atoms with Crippen LogP contribution in [-0.4, -0.2) is 60.1 Å². The van der Waals surface area contributed by atoms with Crippen molar-refractivity contribution in [2.45, 2.75) is 25.3 Å². The molecule has 1 saturated carbocycles. The Bertz CT molecular complexity index is 638. The van der Waals surface area contributed by atoms with Crippen molar-refractivity contribution in [1.29, 1.82) is 0 Å². The van der Waals surface area contributed by atoms with Gasteiger partial charge in [-0.3, -0.25) is 9.69 Å². The zero-order chi connectivity index (χ0) is 16.7. The molecule has 0 aromatic heterocycles. The van der Waals surface area contributed by atoms with E-state index in [-0.39, 0.29) is 11.9 Å². The third-order valence-corrected chi connectivity index (χ3v) is 5.53. The average Bonchev–Trinajstić information content (AvgIpc) is 3.43. The maximum Gasteiger partial charge on any atom is 0.326 e. The van der Waals surface area contributed by atoms with Crippen molar-refractivity contribution >= 4 is 17.6 Å². The monoisotopic (exact) mass is 328 g/mol. The lowest BCUT2D eigenvalue weighted by Crippen LogP contribution is -2.52. The molecule has 1 atom stereocenters. The minimum Gasteiger partial charge on any atom is -0.369 e. The zero-order valence-electron chi connectivity index (χ0n) is 14.1. The number of rotatable bonds is 4. The van der Waals surface area contributed by atoms with Crippen LogP contribution in [0.4, 0.5) is 10.5 Å². The Kier molecular flexibility index (Phi) is 3.72. The fraction of sp³-hybridized carbons (Fsp3) is 0.556. The molecule has 6 nitrogen and oxygen atoms in total. The molecule has 4 rings (SSSR count). The number of benzene rings is 1. The minimum atomic E-state index is -0.678. The van der Waals surface area contributed by atoms with Gasteiger partial charge in [0.1, 0.15) is 5.54 Å². The number of nitrogens with one attached hydrogen (secondary N) is 1. The zero-order valence-corrected chi connectivity index (χ0v) is 14.1. The molecule has 2 aliphatic heterocycles. The van der Waals surface area contributed by atoms with E-state index in [0.717, 1.165) is 39.0 Å². The van der Waals surface area contributed by atoms with Crippen molar-refractivity contribution < 1.29 is 9.59 Å². The van der Waals surface area contributed by atoms with Crippen LogP contribution < -0.4 is 10.2 Å². The highest BCUT2D eigenvalue weighted by Crippen LogP contribution is 2.42. The summed E-state index contributed by atoms with van der Waals surface area (Å²) in [6.07, 6.45) is 2.07. The van der Waals surface area contributed by atoms with Crippen LogP contribution in [0, 0.1) is 5.92 Å². The maximum atomic E-state index is 12.7. The van der Waals surface area contributed by atoms with E-state index in [0.29, 0.717) is 12.6 Å². The van der Waals surface area contributed by atoms with E-state index in [9.17, 15) is 9.59 Å². The molecule has 1 aromatic rings. The first-order valence-corrected chi connectivity index (χ1v) is 8.74. The Labute approximate surface area is 142 Å². The molecule has 3 amide bonds. The first-order chi connectivity index (χ1) is 11.6. The molecule has 2 saturated heterocycles. The molecule has 3 fully saturated rings. The Hall–Kier alpha value is -2.08. The first kappa shape index (κ1) is 15.4. The normalized spacial score (nSPS) is 28.4. The van der Waals surface area contributed by atoms with E-state index < -0.39 is 5.54 Å². The van der Waals surface area contributed by atoms with Crippen LogP contribution in [0.25, 0.3) is 0 Å². The number of carbonyl (C=O) groups excluding carboxylic acids is 2.